The van der Waals surface area contributed by atoms with Crippen LogP contribution in [-0.2, 0) is 9.59 Å². The van der Waals surface area contributed by atoms with Crippen LogP contribution in [0.15, 0.2) is 82.0 Å². The summed E-state index contributed by atoms with van der Waals surface area (Å²) in [6.45, 7) is 0. The number of H-pyrrole nitrogens is 2. The zero-order valence-corrected chi connectivity index (χ0v) is 22.2. The van der Waals surface area contributed by atoms with Crippen LogP contribution in [0.5, 0.6) is 11.5 Å². The van der Waals surface area contributed by atoms with Gasteiger partial charge in [0.25, 0.3) is 0 Å². The molecule has 0 atom stereocenters. The molecule has 12 heteroatoms. The van der Waals surface area contributed by atoms with Gasteiger partial charge < -0.3 is 28.3 Å². The number of nitrogens with one attached hydrogen (secondary N) is 2. The second-order valence-corrected chi connectivity index (χ2v) is 9.65. The summed E-state index contributed by atoms with van der Waals surface area (Å²) in [5.41, 5.74) is 0.713. The molecule has 0 aliphatic carbocycles. The maximum Gasteiger partial charge on any atom is 0.322 e. The number of hydrogen-bond donors (Lipinski definition) is 2. The van der Waals surface area contributed by atoms with Crippen LogP contribution in [0.1, 0.15) is 38.9 Å². The van der Waals surface area contributed by atoms with E-state index in [2.05, 4.69) is 9.97 Å². The standard InChI is InChI=1S/C29H16Cl2N2O8/c30-14-5-7-16-18(11-14)32-24(26(36)20-3-1-9-38-20)28(16)40-22(34)13-23(35)41-29-17-8-6-15(31)12-19(17)33-25(29)27(37)21-4-2-10-39-21/h1-12,32-33H,13H2. The van der Waals surface area contributed by atoms with Gasteiger partial charge in [-0.25, -0.2) is 0 Å². The molecule has 2 N–H and O–H groups in total. The van der Waals surface area contributed by atoms with Gasteiger partial charge in [-0.3, -0.25) is 19.2 Å². The second kappa shape index (κ2) is 10.5. The van der Waals surface area contributed by atoms with Gasteiger partial charge in [0.1, 0.15) is 17.8 Å². The smallest absolute Gasteiger partial charge is 0.322 e. The van der Waals surface area contributed by atoms with Gasteiger partial charge in [0.2, 0.25) is 11.6 Å². The highest BCUT2D eigenvalue weighted by molar-refractivity contribution is 6.32. The van der Waals surface area contributed by atoms with Crippen molar-refractivity contribution in [2.45, 2.75) is 6.42 Å². The average Bonchev–Trinajstić information content (AvgIpc) is 3.75. The molecule has 0 saturated carbocycles. The largest absolute Gasteiger partial charge is 0.461 e. The molecule has 4 heterocycles. The normalized spacial score (nSPS) is 11.2. The average molecular weight is 591 g/mol. The Morgan fingerprint density at radius 3 is 1.49 bits per heavy atom. The van der Waals surface area contributed by atoms with Crippen molar-refractivity contribution in [2.24, 2.45) is 0 Å². The first-order valence-electron chi connectivity index (χ1n) is 12.0. The lowest BCUT2D eigenvalue weighted by Gasteiger charge is -2.07. The molecular formula is C29H16Cl2N2O8. The lowest BCUT2D eigenvalue weighted by Crippen LogP contribution is -2.19. The molecule has 4 aromatic heterocycles. The fraction of sp³-hybridized carbons (Fsp3) is 0.0345. The summed E-state index contributed by atoms with van der Waals surface area (Å²) in [5.74, 6) is -3.38. The van der Waals surface area contributed by atoms with E-state index in [4.69, 9.17) is 41.5 Å². The Morgan fingerprint density at radius 2 is 1.10 bits per heavy atom. The maximum atomic E-state index is 13.1. The number of aromatic amines is 2. The molecule has 6 rings (SSSR count). The minimum absolute atomic E-state index is 0.00700. The summed E-state index contributed by atoms with van der Waals surface area (Å²) < 4.78 is 21.4. The molecule has 0 aliphatic rings. The predicted molar refractivity (Wildman–Crippen MR) is 147 cm³/mol. The van der Waals surface area contributed by atoms with Crippen molar-refractivity contribution >= 4 is 68.5 Å². The van der Waals surface area contributed by atoms with E-state index in [-0.39, 0.29) is 34.4 Å². The quantitative estimate of drug-likeness (QED) is 0.116. The number of ether oxygens (including phenoxy) is 2. The highest BCUT2D eigenvalue weighted by Gasteiger charge is 2.28. The van der Waals surface area contributed by atoms with E-state index in [9.17, 15) is 19.2 Å². The van der Waals surface area contributed by atoms with Crippen molar-refractivity contribution in [1.29, 1.82) is 0 Å². The van der Waals surface area contributed by atoms with Crippen molar-refractivity contribution in [3.05, 3.63) is 106 Å². The van der Waals surface area contributed by atoms with E-state index in [0.29, 0.717) is 31.9 Å². The molecule has 204 valence electrons. The van der Waals surface area contributed by atoms with Crippen molar-refractivity contribution in [1.82, 2.24) is 9.97 Å². The third-order valence-corrected chi connectivity index (χ3v) is 6.56. The molecule has 2 aromatic carbocycles. The molecule has 6 aromatic rings. The molecule has 0 spiro atoms. The third kappa shape index (κ3) is 5.02. The lowest BCUT2D eigenvalue weighted by atomic mass is 10.2. The Hall–Kier alpha value is -5.06. The number of ketones is 2. The number of halogens is 2. The van der Waals surface area contributed by atoms with Crippen LogP contribution in [0, 0.1) is 0 Å². The maximum absolute atomic E-state index is 13.1. The van der Waals surface area contributed by atoms with Crippen molar-refractivity contribution in [3.8, 4) is 11.5 Å². The van der Waals surface area contributed by atoms with E-state index in [1.165, 1.54) is 36.8 Å². The van der Waals surface area contributed by atoms with Crippen LogP contribution >= 0.6 is 23.2 Å². The predicted octanol–water partition coefficient (Wildman–Crippen LogP) is 6.51. The van der Waals surface area contributed by atoms with Gasteiger partial charge in [0.05, 0.1) is 23.6 Å². The Morgan fingerprint density at radius 1 is 0.659 bits per heavy atom. The number of rotatable bonds is 8. The Labute approximate surface area is 239 Å². The molecule has 0 amide bonds. The topological polar surface area (TPSA) is 145 Å². The van der Waals surface area contributed by atoms with Crippen molar-refractivity contribution in [3.63, 3.8) is 0 Å². The van der Waals surface area contributed by atoms with Crippen LogP contribution in [0.3, 0.4) is 0 Å². The molecule has 0 aliphatic heterocycles. The van der Waals surface area contributed by atoms with Gasteiger partial charge in [0, 0.05) is 20.8 Å². The summed E-state index contributed by atoms with van der Waals surface area (Å²) in [5, 5.41) is 1.53. The number of benzene rings is 2. The Kier molecular flexibility index (Phi) is 6.70. The van der Waals surface area contributed by atoms with Gasteiger partial charge in [-0.1, -0.05) is 23.2 Å². The molecule has 41 heavy (non-hydrogen) atoms. The van der Waals surface area contributed by atoms with Gasteiger partial charge in [-0.05, 0) is 60.7 Å². The van der Waals surface area contributed by atoms with Crippen LogP contribution in [0.4, 0.5) is 0 Å². The molecule has 0 fully saturated rings. The number of hydrogen-bond acceptors (Lipinski definition) is 8. The first kappa shape index (κ1) is 26.2. The molecular weight excluding hydrogens is 575 g/mol. The third-order valence-electron chi connectivity index (χ3n) is 6.09. The van der Waals surface area contributed by atoms with E-state index in [0.717, 1.165) is 0 Å². The zero-order chi connectivity index (χ0) is 28.7. The van der Waals surface area contributed by atoms with Crippen LogP contribution < -0.4 is 9.47 Å². The molecule has 0 radical (unpaired) electrons. The number of fused-ring (bicyclic) bond motifs is 2. The van der Waals surface area contributed by atoms with Crippen LogP contribution in [0.2, 0.25) is 10.0 Å². The summed E-state index contributed by atoms with van der Waals surface area (Å²) >= 11 is 12.2. The molecule has 10 nitrogen and oxygen atoms in total. The summed E-state index contributed by atoms with van der Waals surface area (Å²) in [6, 6.07) is 15.4. The van der Waals surface area contributed by atoms with E-state index < -0.39 is 29.9 Å². The highest BCUT2D eigenvalue weighted by Crippen LogP contribution is 2.35. The van der Waals surface area contributed by atoms with Crippen LogP contribution in [-0.4, -0.2) is 33.5 Å². The summed E-state index contributed by atoms with van der Waals surface area (Å²) in [6.07, 6.45) is 1.82. The SMILES string of the molecule is O=C(CC(=O)Oc1c(C(=O)c2ccco2)[nH]c2cc(Cl)ccc12)Oc1c(C(=O)c2ccco2)[nH]c2cc(Cl)ccc12. The number of carbonyl (C=O) groups excluding carboxylic acids is 4. The minimum atomic E-state index is -1.01. The fourth-order valence-corrected chi connectivity index (χ4v) is 4.64. The number of esters is 2. The van der Waals surface area contributed by atoms with Gasteiger partial charge in [-0.2, -0.15) is 0 Å². The molecule has 0 bridgehead atoms. The Balaban J connectivity index is 1.28. The molecule has 0 unspecified atom stereocenters. The van der Waals surface area contributed by atoms with E-state index in [1.54, 1.807) is 36.4 Å². The monoisotopic (exact) mass is 590 g/mol. The van der Waals surface area contributed by atoms with Crippen molar-refractivity contribution < 1.29 is 37.5 Å². The lowest BCUT2D eigenvalue weighted by molar-refractivity contribution is -0.144. The first-order valence-corrected chi connectivity index (χ1v) is 12.7. The van der Waals surface area contributed by atoms with E-state index in [1.807, 2.05) is 0 Å². The van der Waals surface area contributed by atoms with Crippen molar-refractivity contribution in [2.75, 3.05) is 0 Å². The van der Waals surface area contributed by atoms with Gasteiger partial charge >= 0.3 is 11.9 Å². The number of carbonyl (C=O) groups is 4. The van der Waals surface area contributed by atoms with Crippen LogP contribution in [0.25, 0.3) is 21.8 Å². The molecule has 0 saturated heterocycles. The Bertz CT molecular complexity index is 1820. The van der Waals surface area contributed by atoms with Gasteiger partial charge in [0.15, 0.2) is 23.0 Å². The first-order chi connectivity index (χ1) is 19.8. The zero-order valence-electron chi connectivity index (χ0n) is 20.7. The second-order valence-electron chi connectivity index (χ2n) is 8.78. The number of furan rings is 2. The van der Waals surface area contributed by atoms with E-state index >= 15 is 0 Å². The fourth-order valence-electron chi connectivity index (χ4n) is 4.30. The van der Waals surface area contributed by atoms with Gasteiger partial charge in [-0.15, -0.1) is 0 Å². The minimum Gasteiger partial charge on any atom is -0.461 e. The summed E-state index contributed by atoms with van der Waals surface area (Å²) in [7, 11) is 0. The summed E-state index contributed by atoms with van der Waals surface area (Å²) in [4.78, 5) is 57.8. The highest BCUT2D eigenvalue weighted by atomic mass is 35.5. The number of aromatic nitrogens is 2.